The molecule has 2 atom stereocenters. The first-order chi connectivity index (χ1) is 8.27. The molecule has 2 unspecified atom stereocenters. The lowest BCUT2D eigenvalue weighted by Crippen LogP contribution is -2.71. The Morgan fingerprint density at radius 3 is 2.50 bits per heavy atom. The quantitative estimate of drug-likeness (QED) is 0.745. The minimum Gasteiger partial charge on any atom is -0.459 e. The standard InChI is InChI=1S/C14H26N2O2/c1-9(7-15)10-5-14(6-10)8-16-11(14)12(17)18-13(2,3)4/h9-11,16H,5-8,15H2,1-4H3. The number of nitrogens with one attached hydrogen (secondary N) is 1. The zero-order valence-corrected chi connectivity index (χ0v) is 12.0. The summed E-state index contributed by atoms with van der Waals surface area (Å²) in [6.07, 6.45) is 2.23. The van der Waals surface area contributed by atoms with E-state index in [-0.39, 0.29) is 17.4 Å². The summed E-state index contributed by atoms with van der Waals surface area (Å²) in [6.45, 7) is 9.63. The Balaban J connectivity index is 1.89. The highest BCUT2D eigenvalue weighted by molar-refractivity contribution is 5.79. The van der Waals surface area contributed by atoms with Gasteiger partial charge in [0.25, 0.3) is 0 Å². The van der Waals surface area contributed by atoms with Crippen LogP contribution in [-0.4, -0.2) is 30.7 Å². The van der Waals surface area contributed by atoms with Crippen molar-refractivity contribution in [1.29, 1.82) is 0 Å². The molecule has 4 heteroatoms. The van der Waals surface area contributed by atoms with Gasteiger partial charge in [-0.25, -0.2) is 0 Å². The highest BCUT2D eigenvalue weighted by Crippen LogP contribution is 2.54. The Bertz CT molecular complexity index is 329. The second kappa shape index (κ2) is 4.49. The van der Waals surface area contributed by atoms with Gasteiger partial charge in [0.05, 0.1) is 0 Å². The monoisotopic (exact) mass is 254 g/mol. The average molecular weight is 254 g/mol. The summed E-state index contributed by atoms with van der Waals surface area (Å²) in [5.41, 5.74) is 5.46. The molecule has 18 heavy (non-hydrogen) atoms. The van der Waals surface area contributed by atoms with Crippen LogP contribution >= 0.6 is 0 Å². The molecular weight excluding hydrogens is 228 g/mol. The Morgan fingerprint density at radius 1 is 1.50 bits per heavy atom. The van der Waals surface area contributed by atoms with Crippen molar-refractivity contribution >= 4 is 5.97 Å². The van der Waals surface area contributed by atoms with E-state index in [1.807, 2.05) is 20.8 Å². The van der Waals surface area contributed by atoms with Crippen LogP contribution in [0.2, 0.25) is 0 Å². The van der Waals surface area contributed by atoms with E-state index in [9.17, 15) is 4.79 Å². The molecule has 0 bridgehead atoms. The van der Waals surface area contributed by atoms with Gasteiger partial charge >= 0.3 is 5.97 Å². The largest absolute Gasteiger partial charge is 0.459 e. The van der Waals surface area contributed by atoms with E-state index in [1.165, 1.54) is 0 Å². The summed E-state index contributed by atoms with van der Waals surface area (Å²) < 4.78 is 5.47. The van der Waals surface area contributed by atoms with Crippen molar-refractivity contribution in [2.45, 2.75) is 52.2 Å². The third-order valence-electron chi connectivity index (χ3n) is 4.43. The zero-order chi connectivity index (χ0) is 13.6. The Kier molecular flexibility index (Phi) is 3.45. The normalized spacial score (nSPS) is 36.7. The van der Waals surface area contributed by atoms with Crippen LogP contribution in [0.1, 0.15) is 40.5 Å². The number of carbonyl (C=O) groups excluding carboxylic acids is 1. The highest BCUT2D eigenvalue weighted by atomic mass is 16.6. The fraction of sp³-hybridized carbons (Fsp3) is 0.929. The molecular formula is C14H26N2O2. The van der Waals surface area contributed by atoms with E-state index < -0.39 is 5.60 Å². The summed E-state index contributed by atoms with van der Waals surface area (Å²) in [7, 11) is 0. The van der Waals surface area contributed by atoms with E-state index in [4.69, 9.17) is 10.5 Å². The smallest absolute Gasteiger partial charge is 0.324 e. The van der Waals surface area contributed by atoms with Gasteiger partial charge in [0.2, 0.25) is 0 Å². The first-order valence-electron chi connectivity index (χ1n) is 6.94. The summed E-state index contributed by atoms with van der Waals surface area (Å²) >= 11 is 0. The minimum absolute atomic E-state index is 0.0902. The summed E-state index contributed by atoms with van der Waals surface area (Å²) in [6, 6.07) is -0.0991. The molecule has 1 aliphatic carbocycles. The highest BCUT2D eigenvalue weighted by Gasteiger charge is 2.59. The van der Waals surface area contributed by atoms with Crippen molar-refractivity contribution in [3.05, 3.63) is 0 Å². The number of nitrogens with two attached hydrogens (primary N) is 1. The van der Waals surface area contributed by atoms with Gasteiger partial charge in [-0.05, 0) is 52.0 Å². The van der Waals surface area contributed by atoms with Crippen molar-refractivity contribution in [2.75, 3.05) is 13.1 Å². The molecule has 104 valence electrons. The molecule has 1 aliphatic heterocycles. The van der Waals surface area contributed by atoms with E-state index in [1.54, 1.807) is 0 Å². The molecule has 4 nitrogen and oxygen atoms in total. The number of esters is 1. The predicted octanol–water partition coefficient (Wildman–Crippen LogP) is 1.29. The minimum atomic E-state index is -0.400. The van der Waals surface area contributed by atoms with Gasteiger partial charge in [-0.2, -0.15) is 0 Å². The molecule has 3 N–H and O–H groups in total. The van der Waals surface area contributed by atoms with Gasteiger partial charge in [0.1, 0.15) is 11.6 Å². The zero-order valence-electron chi connectivity index (χ0n) is 12.0. The SMILES string of the molecule is CC(CN)C1CC2(CNC2C(=O)OC(C)(C)C)C1. The van der Waals surface area contributed by atoms with Crippen molar-refractivity contribution in [1.82, 2.24) is 5.32 Å². The molecule has 0 aromatic rings. The van der Waals surface area contributed by atoms with Crippen molar-refractivity contribution in [2.24, 2.45) is 23.0 Å². The Hall–Kier alpha value is -0.610. The second-order valence-corrected chi connectivity index (χ2v) is 7.09. The Morgan fingerprint density at radius 2 is 2.11 bits per heavy atom. The average Bonchev–Trinajstić information content (AvgIpc) is 2.10. The van der Waals surface area contributed by atoms with Crippen molar-refractivity contribution in [3.63, 3.8) is 0 Å². The molecule has 2 aliphatic rings. The van der Waals surface area contributed by atoms with Crippen LogP contribution in [-0.2, 0) is 9.53 Å². The number of rotatable bonds is 3. The number of hydrogen-bond acceptors (Lipinski definition) is 4. The fourth-order valence-corrected chi connectivity index (χ4v) is 3.15. The molecule has 1 saturated carbocycles. The lowest BCUT2D eigenvalue weighted by atomic mass is 9.52. The van der Waals surface area contributed by atoms with Crippen molar-refractivity contribution < 1.29 is 9.53 Å². The Labute approximate surface area is 110 Å². The molecule has 1 heterocycles. The van der Waals surface area contributed by atoms with Crippen LogP contribution in [0.3, 0.4) is 0 Å². The molecule has 0 amide bonds. The van der Waals surface area contributed by atoms with E-state index in [0.29, 0.717) is 11.8 Å². The lowest BCUT2D eigenvalue weighted by Gasteiger charge is -2.60. The maximum absolute atomic E-state index is 12.1. The van der Waals surface area contributed by atoms with Gasteiger partial charge in [-0.3, -0.25) is 4.79 Å². The number of ether oxygens (including phenoxy) is 1. The summed E-state index contributed by atoms with van der Waals surface area (Å²) in [5, 5.41) is 3.23. The van der Waals surface area contributed by atoms with Gasteiger partial charge in [0.15, 0.2) is 0 Å². The van der Waals surface area contributed by atoms with Crippen LogP contribution in [0.15, 0.2) is 0 Å². The van der Waals surface area contributed by atoms with Crippen LogP contribution in [0.5, 0.6) is 0 Å². The number of carbonyl (C=O) groups is 1. The fourth-order valence-electron chi connectivity index (χ4n) is 3.15. The topological polar surface area (TPSA) is 64.3 Å². The van der Waals surface area contributed by atoms with E-state index in [2.05, 4.69) is 12.2 Å². The molecule has 1 saturated heterocycles. The number of hydrogen-bond donors (Lipinski definition) is 2. The first kappa shape index (κ1) is 13.8. The van der Waals surface area contributed by atoms with E-state index >= 15 is 0 Å². The lowest BCUT2D eigenvalue weighted by molar-refractivity contribution is -0.175. The molecule has 1 spiro atoms. The van der Waals surface area contributed by atoms with Crippen LogP contribution in [0.25, 0.3) is 0 Å². The molecule has 0 radical (unpaired) electrons. The van der Waals surface area contributed by atoms with E-state index in [0.717, 1.165) is 25.9 Å². The third kappa shape index (κ3) is 2.41. The van der Waals surface area contributed by atoms with Gasteiger partial charge in [0, 0.05) is 12.0 Å². The van der Waals surface area contributed by atoms with Crippen molar-refractivity contribution in [3.8, 4) is 0 Å². The maximum atomic E-state index is 12.1. The van der Waals surface area contributed by atoms with Gasteiger partial charge in [-0.15, -0.1) is 0 Å². The maximum Gasteiger partial charge on any atom is 0.324 e. The van der Waals surface area contributed by atoms with Crippen LogP contribution < -0.4 is 11.1 Å². The van der Waals surface area contributed by atoms with Gasteiger partial charge in [-0.1, -0.05) is 6.92 Å². The van der Waals surface area contributed by atoms with Gasteiger partial charge < -0.3 is 15.8 Å². The van der Waals surface area contributed by atoms with Crippen LogP contribution in [0.4, 0.5) is 0 Å². The first-order valence-corrected chi connectivity index (χ1v) is 6.94. The molecule has 0 aromatic heterocycles. The predicted molar refractivity (Wildman–Crippen MR) is 71.0 cm³/mol. The molecule has 2 rings (SSSR count). The molecule has 0 aromatic carbocycles. The summed E-state index contributed by atoms with van der Waals surface area (Å²) in [5.74, 6) is 1.16. The summed E-state index contributed by atoms with van der Waals surface area (Å²) in [4.78, 5) is 12.1. The molecule has 2 fully saturated rings. The second-order valence-electron chi connectivity index (χ2n) is 7.09. The van der Waals surface area contributed by atoms with Crippen LogP contribution in [0, 0.1) is 17.3 Å². The third-order valence-corrected chi connectivity index (χ3v) is 4.43.